The molecule has 20 heavy (non-hydrogen) atoms. The molecule has 1 aliphatic rings. The van der Waals surface area contributed by atoms with E-state index in [1.165, 1.54) is 0 Å². The Bertz CT molecular complexity index is 548. The van der Waals surface area contributed by atoms with Gasteiger partial charge < -0.3 is 14.9 Å². The molecule has 0 aliphatic carbocycles. The van der Waals surface area contributed by atoms with Crippen LogP contribution >= 0.6 is 11.3 Å². The molecule has 0 spiro atoms. The summed E-state index contributed by atoms with van der Waals surface area (Å²) in [5, 5.41) is 13.0. The molecule has 3 rings (SSSR count). The van der Waals surface area contributed by atoms with Gasteiger partial charge in [-0.2, -0.15) is 0 Å². The Kier molecular flexibility index (Phi) is 3.89. The lowest BCUT2D eigenvalue weighted by Gasteiger charge is -2.37. The Morgan fingerprint density at radius 1 is 1.15 bits per heavy atom. The van der Waals surface area contributed by atoms with E-state index in [9.17, 15) is 5.11 Å². The van der Waals surface area contributed by atoms with E-state index in [-0.39, 0.29) is 0 Å². The van der Waals surface area contributed by atoms with Crippen LogP contribution in [0.15, 0.2) is 35.8 Å². The Hall–Kier alpha value is -1.59. The zero-order chi connectivity index (χ0) is 13.9. The van der Waals surface area contributed by atoms with Crippen LogP contribution in [-0.2, 0) is 0 Å². The molecule has 2 aromatic rings. The number of anilines is 2. The SMILES string of the molecule is CC(O)c1ccccc1N1CCN(c2nccs2)CC1. The number of benzene rings is 1. The van der Waals surface area contributed by atoms with Gasteiger partial charge in [0.1, 0.15) is 0 Å². The molecule has 1 saturated heterocycles. The Labute approximate surface area is 123 Å². The van der Waals surface area contributed by atoms with E-state index in [2.05, 4.69) is 20.9 Å². The van der Waals surface area contributed by atoms with Crippen molar-refractivity contribution in [3.05, 3.63) is 41.4 Å². The highest BCUT2D eigenvalue weighted by atomic mass is 32.1. The second-order valence-electron chi connectivity index (χ2n) is 5.02. The smallest absolute Gasteiger partial charge is 0.185 e. The zero-order valence-electron chi connectivity index (χ0n) is 11.6. The van der Waals surface area contributed by atoms with Gasteiger partial charge in [0.2, 0.25) is 0 Å². The summed E-state index contributed by atoms with van der Waals surface area (Å²) in [5.41, 5.74) is 2.16. The number of rotatable bonds is 3. The van der Waals surface area contributed by atoms with E-state index in [1.807, 2.05) is 36.7 Å². The molecule has 106 valence electrons. The van der Waals surface area contributed by atoms with E-state index in [0.29, 0.717) is 0 Å². The minimum absolute atomic E-state index is 0.428. The second-order valence-corrected chi connectivity index (χ2v) is 5.90. The van der Waals surface area contributed by atoms with Crippen molar-refractivity contribution in [2.75, 3.05) is 36.0 Å². The highest BCUT2D eigenvalue weighted by Gasteiger charge is 2.21. The minimum atomic E-state index is -0.428. The standard InChI is InChI=1S/C15H19N3OS/c1-12(19)13-4-2-3-5-14(13)17-7-9-18(10-8-17)15-16-6-11-20-15/h2-6,11-12,19H,7-10H2,1H3. The van der Waals surface area contributed by atoms with Crippen molar-refractivity contribution >= 4 is 22.2 Å². The van der Waals surface area contributed by atoms with Crippen molar-refractivity contribution in [3.63, 3.8) is 0 Å². The van der Waals surface area contributed by atoms with E-state index in [1.54, 1.807) is 11.3 Å². The molecule has 1 atom stereocenters. The summed E-state index contributed by atoms with van der Waals surface area (Å²) >= 11 is 1.69. The summed E-state index contributed by atoms with van der Waals surface area (Å²) in [7, 11) is 0. The average Bonchev–Trinajstić information content (AvgIpc) is 3.02. The lowest BCUT2D eigenvalue weighted by Crippen LogP contribution is -2.46. The molecule has 2 heterocycles. The van der Waals surface area contributed by atoms with E-state index in [4.69, 9.17) is 0 Å². The van der Waals surface area contributed by atoms with Crippen molar-refractivity contribution in [1.82, 2.24) is 4.98 Å². The van der Waals surface area contributed by atoms with Crippen molar-refractivity contribution in [3.8, 4) is 0 Å². The molecule has 1 aromatic carbocycles. The first-order chi connectivity index (χ1) is 9.75. The second kappa shape index (κ2) is 5.81. The monoisotopic (exact) mass is 289 g/mol. The van der Waals surface area contributed by atoms with E-state index in [0.717, 1.165) is 42.6 Å². The van der Waals surface area contributed by atoms with Gasteiger partial charge >= 0.3 is 0 Å². The van der Waals surface area contributed by atoms with Crippen molar-refractivity contribution in [2.24, 2.45) is 0 Å². The third kappa shape index (κ3) is 2.64. The van der Waals surface area contributed by atoms with Crippen molar-refractivity contribution in [2.45, 2.75) is 13.0 Å². The lowest BCUT2D eigenvalue weighted by atomic mass is 10.1. The largest absolute Gasteiger partial charge is 0.389 e. The van der Waals surface area contributed by atoms with Gasteiger partial charge in [0.15, 0.2) is 5.13 Å². The lowest BCUT2D eigenvalue weighted by molar-refractivity contribution is 0.199. The number of aliphatic hydroxyl groups is 1. The number of nitrogens with zero attached hydrogens (tertiary/aromatic N) is 3. The normalized spacial score (nSPS) is 17.3. The fraction of sp³-hybridized carbons (Fsp3) is 0.400. The van der Waals surface area contributed by atoms with Gasteiger partial charge in [0.25, 0.3) is 0 Å². The molecule has 1 aromatic heterocycles. The first kappa shape index (κ1) is 13.4. The van der Waals surface area contributed by atoms with Crippen LogP contribution in [0, 0.1) is 0 Å². The predicted octanol–water partition coefficient (Wildman–Crippen LogP) is 2.52. The van der Waals surface area contributed by atoms with Gasteiger partial charge in [0, 0.05) is 49.0 Å². The average molecular weight is 289 g/mol. The first-order valence-electron chi connectivity index (χ1n) is 6.92. The van der Waals surface area contributed by atoms with Crippen LogP contribution in [0.25, 0.3) is 0 Å². The molecule has 1 unspecified atom stereocenters. The third-order valence-electron chi connectivity index (χ3n) is 3.70. The number of hydrogen-bond acceptors (Lipinski definition) is 5. The summed E-state index contributed by atoms with van der Waals surface area (Å²) in [5.74, 6) is 0. The van der Waals surface area contributed by atoms with Gasteiger partial charge in [-0.05, 0) is 13.0 Å². The molecule has 0 amide bonds. The number of hydrogen-bond donors (Lipinski definition) is 1. The van der Waals surface area contributed by atoms with E-state index < -0.39 is 6.10 Å². The quantitative estimate of drug-likeness (QED) is 0.942. The molecule has 0 bridgehead atoms. The van der Waals surface area contributed by atoms with Crippen LogP contribution in [0.3, 0.4) is 0 Å². The first-order valence-corrected chi connectivity index (χ1v) is 7.80. The Morgan fingerprint density at radius 2 is 1.85 bits per heavy atom. The maximum absolute atomic E-state index is 9.89. The summed E-state index contributed by atoms with van der Waals surface area (Å²) in [6, 6.07) is 8.13. The Morgan fingerprint density at radius 3 is 2.50 bits per heavy atom. The van der Waals surface area contributed by atoms with Crippen LogP contribution in [0.1, 0.15) is 18.6 Å². The van der Waals surface area contributed by atoms with Crippen molar-refractivity contribution < 1.29 is 5.11 Å². The van der Waals surface area contributed by atoms with E-state index >= 15 is 0 Å². The molecule has 0 saturated carbocycles. The molecular weight excluding hydrogens is 270 g/mol. The van der Waals surface area contributed by atoms with Crippen LogP contribution in [0.4, 0.5) is 10.8 Å². The summed E-state index contributed by atoms with van der Waals surface area (Å²) in [6.45, 7) is 5.70. The highest BCUT2D eigenvalue weighted by Crippen LogP contribution is 2.28. The number of aliphatic hydroxyl groups excluding tert-OH is 1. The van der Waals surface area contributed by atoms with Crippen LogP contribution in [-0.4, -0.2) is 36.3 Å². The highest BCUT2D eigenvalue weighted by molar-refractivity contribution is 7.13. The third-order valence-corrected chi connectivity index (χ3v) is 4.53. The van der Waals surface area contributed by atoms with Crippen molar-refractivity contribution in [1.29, 1.82) is 0 Å². The summed E-state index contributed by atoms with van der Waals surface area (Å²) < 4.78 is 0. The maximum Gasteiger partial charge on any atom is 0.185 e. The molecule has 4 nitrogen and oxygen atoms in total. The van der Waals surface area contributed by atoms with Gasteiger partial charge in [-0.15, -0.1) is 11.3 Å². The fourth-order valence-electron chi connectivity index (χ4n) is 2.64. The van der Waals surface area contributed by atoms with Gasteiger partial charge in [-0.3, -0.25) is 0 Å². The van der Waals surface area contributed by atoms with Crippen LogP contribution in [0.2, 0.25) is 0 Å². The summed E-state index contributed by atoms with van der Waals surface area (Å²) in [6.07, 6.45) is 1.43. The fourth-order valence-corrected chi connectivity index (χ4v) is 3.34. The zero-order valence-corrected chi connectivity index (χ0v) is 12.4. The number of piperazine rings is 1. The number of thiazole rings is 1. The number of aromatic nitrogens is 1. The summed E-state index contributed by atoms with van der Waals surface area (Å²) in [4.78, 5) is 9.05. The maximum atomic E-state index is 9.89. The molecule has 0 radical (unpaired) electrons. The van der Waals surface area contributed by atoms with Crippen LogP contribution < -0.4 is 9.80 Å². The van der Waals surface area contributed by atoms with Gasteiger partial charge in [0.05, 0.1) is 6.10 Å². The topological polar surface area (TPSA) is 39.6 Å². The molecular formula is C15H19N3OS. The molecule has 1 aliphatic heterocycles. The Balaban J connectivity index is 1.72. The molecule has 5 heteroatoms. The molecule has 1 fully saturated rings. The molecule has 1 N–H and O–H groups in total. The van der Waals surface area contributed by atoms with Crippen LogP contribution in [0.5, 0.6) is 0 Å². The van der Waals surface area contributed by atoms with Gasteiger partial charge in [-0.1, -0.05) is 18.2 Å². The van der Waals surface area contributed by atoms with Gasteiger partial charge in [-0.25, -0.2) is 4.98 Å². The minimum Gasteiger partial charge on any atom is -0.389 e. The predicted molar refractivity (Wildman–Crippen MR) is 83.6 cm³/mol. The number of para-hydroxylation sites is 1.